The molecule has 4 heterocycles. The van der Waals surface area contributed by atoms with Crippen molar-refractivity contribution in [3.05, 3.63) is 150 Å². The molecule has 2 atom stereocenters. The van der Waals surface area contributed by atoms with Crippen molar-refractivity contribution >= 4 is 43.6 Å². The number of carboxylic acid groups (broad SMARTS) is 1. The number of Topliss-reactive ketones (excluding diaryl/α,β-unsaturated/α-hetero) is 1. The maximum atomic E-state index is 11.5. The van der Waals surface area contributed by atoms with Gasteiger partial charge in [0.15, 0.2) is 0 Å². The van der Waals surface area contributed by atoms with Crippen molar-refractivity contribution in [2.24, 2.45) is 0 Å². The van der Waals surface area contributed by atoms with Gasteiger partial charge in [0.25, 0.3) is 0 Å². The summed E-state index contributed by atoms with van der Waals surface area (Å²) in [5.74, 6) is -0.0192. The zero-order valence-electron chi connectivity index (χ0n) is 38.7. The zero-order chi connectivity index (χ0) is 50.2. The Balaban J connectivity index is 1.18. The first-order chi connectivity index (χ1) is 33.7. The van der Waals surface area contributed by atoms with Gasteiger partial charge in [0.2, 0.25) is 23.5 Å². The van der Waals surface area contributed by atoms with Crippen LogP contribution >= 0.6 is 31.9 Å². The normalized spacial score (nSPS) is 11.8. The van der Waals surface area contributed by atoms with Gasteiger partial charge in [0.1, 0.15) is 44.3 Å². The standard InChI is InChI=1S/C52H51Br2N7O9/c1-31(62)13-42(63)10-4-7-38-16-46(53)51(60-49(38)67-27-36-14-34(19-55)21-57-23-36)69-29-39-8-5-11-44(32(39)2)45-12-6-9-40(33(45)3)30-70-52-47(54)17-41(25-59-26-43(64)18-48(65)66)50(61-52)68-28-37-15-35(20-56)22-58-24-37/h5-6,8-9,11-12,14-17,21-24,42-43,59,63-64H,4,7,10,13,18,25-30H2,1-3H3,(H,65,66)/t42-,43+/m1/s1. The molecule has 0 bridgehead atoms. The monoisotopic (exact) mass is 1080 g/mol. The van der Waals surface area contributed by atoms with Crippen molar-refractivity contribution in [2.45, 2.75) is 98.1 Å². The van der Waals surface area contributed by atoms with Gasteiger partial charge in [-0.25, -0.2) is 0 Å². The molecular formula is C52H51Br2N7O9. The summed E-state index contributed by atoms with van der Waals surface area (Å²) in [5, 5.41) is 51.2. The highest BCUT2D eigenvalue weighted by Gasteiger charge is 2.19. The number of carbonyl (C=O) groups is 2. The number of aryl methyl sites for hydroxylation is 1. The Bertz CT molecular complexity index is 2710. The fourth-order valence-corrected chi connectivity index (χ4v) is 8.43. The van der Waals surface area contributed by atoms with E-state index in [0.29, 0.717) is 67.8 Å². The van der Waals surface area contributed by atoms with E-state index in [0.717, 1.165) is 38.9 Å². The maximum Gasteiger partial charge on any atom is 0.306 e. The molecule has 0 aliphatic heterocycles. The average Bonchev–Trinajstić information content (AvgIpc) is 3.33. The highest BCUT2D eigenvalue weighted by Crippen LogP contribution is 2.35. The van der Waals surface area contributed by atoms with Gasteiger partial charge in [-0.2, -0.15) is 20.5 Å². The third kappa shape index (κ3) is 15.1. The van der Waals surface area contributed by atoms with Crippen molar-refractivity contribution in [2.75, 3.05) is 6.54 Å². The van der Waals surface area contributed by atoms with Crippen LogP contribution in [-0.4, -0.2) is 65.8 Å². The Labute approximate surface area is 422 Å². The topological polar surface area (TPSA) is 243 Å². The molecule has 0 radical (unpaired) electrons. The molecule has 18 heteroatoms. The number of carbonyl (C=O) groups excluding carboxylic acids is 1. The van der Waals surface area contributed by atoms with Gasteiger partial charge in [-0.1, -0.05) is 36.4 Å². The summed E-state index contributed by atoms with van der Waals surface area (Å²) in [7, 11) is 0. The number of aliphatic hydroxyl groups excluding tert-OH is 2. The number of aliphatic carboxylic acids is 1. The van der Waals surface area contributed by atoms with E-state index in [1.165, 1.54) is 19.3 Å². The largest absolute Gasteiger partial charge is 0.481 e. The Hall–Kier alpha value is -6.80. The number of ketones is 1. The third-order valence-electron chi connectivity index (χ3n) is 11.1. The Kier molecular flexibility index (Phi) is 19.3. The first kappa shape index (κ1) is 52.6. The molecule has 0 saturated carbocycles. The van der Waals surface area contributed by atoms with Gasteiger partial charge >= 0.3 is 5.97 Å². The number of benzene rings is 2. The fraction of sp³-hybridized carbons (Fsp3) is 0.308. The lowest BCUT2D eigenvalue weighted by atomic mass is 9.92. The molecule has 0 spiro atoms. The summed E-state index contributed by atoms with van der Waals surface area (Å²) in [6.07, 6.45) is 5.56. The number of halogens is 2. The van der Waals surface area contributed by atoms with Crippen molar-refractivity contribution < 1.29 is 43.9 Å². The number of hydrogen-bond donors (Lipinski definition) is 4. The number of rotatable bonds is 25. The zero-order valence-corrected chi connectivity index (χ0v) is 41.9. The number of nitrogens with zero attached hydrogens (tertiary/aromatic N) is 6. The van der Waals surface area contributed by atoms with Crippen LogP contribution in [0.5, 0.6) is 23.5 Å². The summed E-state index contributed by atoms with van der Waals surface area (Å²) >= 11 is 7.25. The minimum Gasteiger partial charge on any atom is -0.481 e. The molecular weight excluding hydrogens is 1030 g/mol. The quantitative estimate of drug-likeness (QED) is 0.0419. The smallest absolute Gasteiger partial charge is 0.306 e. The summed E-state index contributed by atoms with van der Waals surface area (Å²) in [5.41, 5.74) is 9.38. The van der Waals surface area contributed by atoms with Crippen molar-refractivity contribution in [3.63, 3.8) is 0 Å². The number of nitriles is 2. The lowest BCUT2D eigenvalue weighted by Gasteiger charge is -2.18. The van der Waals surface area contributed by atoms with Crippen LogP contribution in [-0.2, 0) is 49.0 Å². The van der Waals surface area contributed by atoms with Crippen LogP contribution in [0.3, 0.4) is 0 Å². The molecule has 362 valence electrons. The summed E-state index contributed by atoms with van der Waals surface area (Å²) in [6, 6.07) is 23.3. The summed E-state index contributed by atoms with van der Waals surface area (Å²) in [4.78, 5) is 40.3. The van der Waals surface area contributed by atoms with Crippen LogP contribution in [0.2, 0.25) is 0 Å². The minimum atomic E-state index is -1.11. The SMILES string of the molecule is CC(=O)C[C@H](O)CCCc1cc(Br)c(OCc2cccc(-c3cccc(COc4nc(OCc5cncc(C#N)c5)c(CNC[C@@H](O)CC(=O)O)cc4Br)c3C)c2C)nc1OCc1cncc(C#N)c1. The van der Waals surface area contributed by atoms with Crippen molar-refractivity contribution in [1.29, 1.82) is 10.5 Å². The Morgan fingerprint density at radius 3 is 1.67 bits per heavy atom. The fourth-order valence-electron chi connectivity index (χ4n) is 7.47. The van der Waals surface area contributed by atoms with E-state index in [1.54, 1.807) is 30.6 Å². The van der Waals surface area contributed by atoms with E-state index in [-0.39, 0.29) is 63.5 Å². The molecule has 0 amide bonds. The number of carboxylic acids is 1. The second-order valence-corrected chi connectivity index (χ2v) is 18.2. The van der Waals surface area contributed by atoms with Crippen LogP contribution in [0.15, 0.2) is 94.4 Å². The molecule has 4 N–H and O–H groups in total. The third-order valence-corrected chi connectivity index (χ3v) is 12.2. The molecule has 0 unspecified atom stereocenters. The van der Waals surface area contributed by atoms with Gasteiger partial charge in [-0.05, 0) is 130 Å². The number of pyridine rings is 4. The predicted molar refractivity (Wildman–Crippen MR) is 265 cm³/mol. The number of ether oxygens (including phenoxy) is 4. The van der Waals surface area contributed by atoms with Gasteiger partial charge in [0.05, 0.1) is 38.7 Å². The lowest BCUT2D eigenvalue weighted by molar-refractivity contribution is -0.139. The second kappa shape index (κ2) is 25.7. The van der Waals surface area contributed by atoms with Crippen molar-refractivity contribution in [3.8, 4) is 46.8 Å². The van der Waals surface area contributed by atoms with E-state index in [4.69, 9.17) is 34.0 Å². The van der Waals surface area contributed by atoms with E-state index in [2.05, 4.69) is 71.4 Å². The molecule has 6 rings (SSSR count). The molecule has 16 nitrogen and oxygen atoms in total. The highest BCUT2D eigenvalue weighted by molar-refractivity contribution is 9.10. The Morgan fingerprint density at radius 1 is 0.671 bits per heavy atom. The van der Waals surface area contributed by atoms with Crippen LogP contribution in [0.4, 0.5) is 0 Å². The van der Waals surface area contributed by atoms with Crippen LogP contribution in [0, 0.1) is 36.5 Å². The molecule has 2 aromatic carbocycles. The molecule has 0 saturated heterocycles. The maximum absolute atomic E-state index is 11.5. The van der Waals surface area contributed by atoms with Gasteiger partial charge in [0, 0.05) is 66.6 Å². The van der Waals surface area contributed by atoms with Gasteiger partial charge < -0.3 is 39.6 Å². The minimum absolute atomic E-state index is 0.0280. The summed E-state index contributed by atoms with van der Waals surface area (Å²) < 4.78 is 26.2. The Morgan fingerprint density at radius 2 is 1.17 bits per heavy atom. The average molecular weight is 1080 g/mol. The number of hydrogen-bond acceptors (Lipinski definition) is 15. The summed E-state index contributed by atoms with van der Waals surface area (Å²) in [6.45, 7) is 6.28. The second-order valence-electron chi connectivity index (χ2n) is 16.5. The predicted octanol–water partition coefficient (Wildman–Crippen LogP) is 8.72. The van der Waals surface area contributed by atoms with E-state index in [9.17, 15) is 30.3 Å². The molecule has 0 fully saturated rings. The van der Waals surface area contributed by atoms with Gasteiger partial charge in [-0.3, -0.25) is 19.6 Å². The van der Waals surface area contributed by atoms with E-state index >= 15 is 0 Å². The molecule has 70 heavy (non-hydrogen) atoms. The lowest BCUT2D eigenvalue weighted by Crippen LogP contribution is -2.28. The first-order valence-corrected chi connectivity index (χ1v) is 23.8. The molecule has 0 aliphatic rings. The number of aliphatic hydroxyl groups is 2. The van der Waals surface area contributed by atoms with Crippen LogP contribution in [0.1, 0.15) is 88.2 Å². The van der Waals surface area contributed by atoms with Crippen LogP contribution in [0.25, 0.3) is 11.1 Å². The van der Waals surface area contributed by atoms with E-state index in [1.807, 2.05) is 44.2 Å². The molecule has 4 aromatic heterocycles. The van der Waals surface area contributed by atoms with E-state index < -0.39 is 24.6 Å². The molecule has 0 aliphatic carbocycles. The van der Waals surface area contributed by atoms with Gasteiger partial charge in [-0.15, -0.1) is 0 Å². The number of nitrogens with one attached hydrogen (secondary N) is 1. The highest BCUT2D eigenvalue weighted by atomic mass is 79.9. The number of aromatic nitrogens is 4. The molecule has 6 aromatic rings. The van der Waals surface area contributed by atoms with Crippen molar-refractivity contribution in [1.82, 2.24) is 25.3 Å². The first-order valence-electron chi connectivity index (χ1n) is 22.2. The van der Waals surface area contributed by atoms with Crippen LogP contribution < -0.4 is 24.3 Å².